The molecule has 2 aliphatic rings. The standard InChI is InChI=1S/C19H27N3/c1-13-7-14(2)11-22(10-13)12-19-20-17-8-15-5-3-4-6-16(15)9-18(17)21-19/h8-9,13-14H,3-7,10-12H2,1-2H3,(H,20,21). The van der Waals surface area contributed by atoms with Crippen molar-refractivity contribution in [1.29, 1.82) is 0 Å². The number of H-pyrrole nitrogens is 1. The summed E-state index contributed by atoms with van der Waals surface area (Å²) in [6.45, 7) is 8.12. The van der Waals surface area contributed by atoms with E-state index in [0.29, 0.717) is 0 Å². The number of fused-ring (bicyclic) bond motifs is 2. The van der Waals surface area contributed by atoms with Gasteiger partial charge >= 0.3 is 0 Å². The summed E-state index contributed by atoms with van der Waals surface area (Å²) in [5, 5.41) is 0. The van der Waals surface area contributed by atoms with Gasteiger partial charge in [-0.1, -0.05) is 13.8 Å². The Balaban J connectivity index is 1.57. The van der Waals surface area contributed by atoms with E-state index < -0.39 is 0 Å². The summed E-state index contributed by atoms with van der Waals surface area (Å²) in [6, 6.07) is 4.67. The number of nitrogens with one attached hydrogen (secondary N) is 1. The molecule has 1 saturated heterocycles. The summed E-state index contributed by atoms with van der Waals surface area (Å²) in [7, 11) is 0. The fraction of sp³-hybridized carbons (Fsp3) is 0.632. The van der Waals surface area contributed by atoms with Crippen LogP contribution in [0.15, 0.2) is 12.1 Å². The van der Waals surface area contributed by atoms with Gasteiger partial charge in [0.05, 0.1) is 17.6 Å². The molecule has 1 aromatic heterocycles. The van der Waals surface area contributed by atoms with Crippen molar-refractivity contribution in [3.05, 3.63) is 29.1 Å². The Hall–Kier alpha value is -1.35. The molecule has 1 aliphatic heterocycles. The maximum absolute atomic E-state index is 4.87. The number of hydrogen-bond donors (Lipinski definition) is 1. The van der Waals surface area contributed by atoms with Gasteiger partial charge in [-0.2, -0.15) is 0 Å². The average molecular weight is 297 g/mol. The first-order chi connectivity index (χ1) is 10.7. The van der Waals surface area contributed by atoms with E-state index in [9.17, 15) is 0 Å². The minimum Gasteiger partial charge on any atom is -0.341 e. The van der Waals surface area contributed by atoms with Gasteiger partial charge in [-0.05, 0) is 67.2 Å². The number of imidazole rings is 1. The zero-order valence-electron chi connectivity index (χ0n) is 13.9. The summed E-state index contributed by atoms with van der Waals surface area (Å²) in [5.41, 5.74) is 5.45. The van der Waals surface area contributed by atoms with Crippen LogP contribution in [-0.4, -0.2) is 28.0 Å². The summed E-state index contributed by atoms with van der Waals surface area (Å²) < 4.78 is 0. The van der Waals surface area contributed by atoms with E-state index in [1.165, 1.54) is 61.8 Å². The SMILES string of the molecule is CC1CC(C)CN(Cc2nc3cc4c(cc3[nH]2)CCCC4)C1. The van der Waals surface area contributed by atoms with Crippen molar-refractivity contribution in [2.24, 2.45) is 11.8 Å². The second-order valence-corrected chi connectivity index (χ2v) is 7.67. The minimum atomic E-state index is 0.806. The number of likely N-dealkylation sites (tertiary alicyclic amines) is 1. The average Bonchev–Trinajstić information content (AvgIpc) is 2.84. The summed E-state index contributed by atoms with van der Waals surface area (Å²) >= 11 is 0. The van der Waals surface area contributed by atoms with Crippen molar-refractivity contribution in [2.75, 3.05) is 13.1 Å². The van der Waals surface area contributed by atoms with E-state index in [2.05, 4.69) is 35.9 Å². The van der Waals surface area contributed by atoms with Crippen molar-refractivity contribution in [2.45, 2.75) is 52.5 Å². The van der Waals surface area contributed by atoms with Crippen LogP contribution in [0, 0.1) is 11.8 Å². The molecule has 0 bridgehead atoms. The van der Waals surface area contributed by atoms with Gasteiger partial charge in [0.2, 0.25) is 0 Å². The lowest BCUT2D eigenvalue weighted by atomic mass is 9.91. The van der Waals surface area contributed by atoms with Gasteiger partial charge in [0, 0.05) is 13.1 Å². The van der Waals surface area contributed by atoms with Crippen molar-refractivity contribution < 1.29 is 0 Å². The molecule has 0 saturated carbocycles. The minimum absolute atomic E-state index is 0.806. The molecule has 118 valence electrons. The normalized spacial score (nSPS) is 26.3. The first-order valence-electron chi connectivity index (χ1n) is 8.90. The Morgan fingerprint density at radius 3 is 2.50 bits per heavy atom. The molecular weight excluding hydrogens is 270 g/mol. The molecule has 1 aromatic carbocycles. The number of rotatable bonds is 2. The molecule has 0 radical (unpaired) electrons. The largest absolute Gasteiger partial charge is 0.341 e. The highest BCUT2D eigenvalue weighted by atomic mass is 15.2. The van der Waals surface area contributed by atoms with Crippen LogP contribution in [-0.2, 0) is 19.4 Å². The highest BCUT2D eigenvalue weighted by Gasteiger charge is 2.22. The van der Waals surface area contributed by atoms with Gasteiger partial charge in [0.1, 0.15) is 5.82 Å². The molecule has 1 aliphatic carbocycles. The van der Waals surface area contributed by atoms with Crippen LogP contribution in [0.1, 0.15) is 50.1 Å². The third-order valence-electron chi connectivity index (χ3n) is 5.31. The molecule has 2 unspecified atom stereocenters. The summed E-state index contributed by atoms with van der Waals surface area (Å²) in [4.78, 5) is 11.0. The van der Waals surface area contributed by atoms with Gasteiger partial charge in [-0.15, -0.1) is 0 Å². The highest BCUT2D eigenvalue weighted by Crippen LogP contribution is 2.27. The predicted octanol–water partition coefficient (Wildman–Crippen LogP) is 3.92. The quantitative estimate of drug-likeness (QED) is 0.911. The van der Waals surface area contributed by atoms with Gasteiger partial charge in [-0.25, -0.2) is 4.98 Å². The number of hydrogen-bond acceptors (Lipinski definition) is 2. The number of nitrogens with zero attached hydrogens (tertiary/aromatic N) is 2. The Morgan fingerprint density at radius 2 is 1.77 bits per heavy atom. The number of aromatic nitrogens is 2. The van der Waals surface area contributed by atoms with E-state index in [0.717, 1.165) is 29.7 Å². The molecule has 3 nitrogen and oxygen atoms in total. The van der Waals surface area contributed by atoms with Gasteiger partial charge in [0.25, 0.3) is 0 Å². The van der Waals surface area contributed by atoms with E-state index in [-0.39, 0.29) is 0 Å². The molecule has 2 heterocycles. The summed E-state index contributed by atoms with van der Waals surface area (Å²) in [5.74, 6) is 2.75. The first kappa shape index (κ1) is 14.3. The fourth-order valence-electron chi connectivity index (χ4n) is 4.50. The van der Waals surface area contributed by atoms with Crippen molar-refractivity contribution in [3.63, 3.8) is 0 Å². The van der Waals surface area contributed by atoms with Crippen LogP contribution in [0.5, 0.6) is 0 Å². The highest BCUT2D eigenvalue weighted by molar-refractivity contribution is 5.77. The Labute approximate surface area is 133 Å². The van der Waals surface area contributed by atoms with Crippen LogP contribution in [0.3, 0.4) is 0 Å². The molecule has 1 fully saturated rings. The third-order valence-corrected chi connectivity index (χ3v) is 5.31. The van der Waals surface area contributed by atoms with Crippen LogP contribution in [0.2, 0.25) is 0 Å². The fourth-order valence-corrected chi connectivity index (χ4v) is 4.50. The van der Waals surface area contributed by atoms with E-state index in [4.69, 9.17) is 4.98 Å². The molecule has 22 heavy (non-hydrogen) atoms. The van der Waals surface area contributed by atoms with Crippen LogP contribution >= 0.6 is 0 Å². The molecular formula is C19H27N3. The monoisotopic (exact) mass is 297 g/mol. The molecule has 0 amide bonds. The van der Waals surface area contributed by atoms with Crippen molar-refractivity contribution in [3.8, 4) is 0 Å². The number of aryl methyl sites for hydroxylation is 2. The third kappa shape index (κ3) is 2.79. The van der Waals surface area contributed by atoms with E-state index in [1.807, 2.05) is 0 Å². The molecule has 0 spiro atoms. The molecule has 3 heteroatoms. The van der Waals surface area contributed by atoms with Gasteiger partial charge < -0.3 is 4.98 Å². The Kier molecular flexibility index (Phi) is 3.69. The lowest BCUT2D eigenvalue weighted by Crippen LogP contribution is -2.38. The Morgan fingerprint density at radius 1 is 1.09 bits per heavy atom. The lowest BCUT2D eigenvalue weighted by Gasteiger charge is -2.34. The zero-order valence-corrected chi connectivity index (χ0v) is 13.9. The van der Waals surface area contributed by atoms with Gasteiger partial charge in [-0.3, -0.25) is 4.90 Å². The summed E-state index contributed by atoms with van der Waals surface area (Å²) in [6.07, 6.45) is 6.50. The molecule has 1 N–H and O–H groups in total. The van der Waals surface area contributed by atoms with Crippen molar-refractivity contribution >= 4 is 11.0 Å². The second kappa shape index (κ2) is 5.69. The molecule has 2 aromatic rings. The first-order valence-corrected chi connectivity index (χ1v) is 8.90. The molecule has 2 atom stereocenters. The van der Waals surface area contributed by atoms with E-state index in [1.54, 1.807) is 0 Å². The number of aromatic amines is 1. The van der Waals surface area contributed by atoms with Crippen LogP contribution < -0.4 is 0 Å². The lowest BCUT2D eigenvalue weighted by molar-refractivity contribution is 0.132. The predicted molar refractivity (Wildman–Crippen MR) is 91.0 cm³/mol. The van der Waals surface area contributed by atoms with Crippen LogP contribution in [0.25, 0.3) is 11.0 Å². The Bertz CT molecular complexity index is 620. The topological polar surface area (TPSA) is 31.9 Å². The molecule has 4 rings (SSSR count). The maximum Gasteiger partial charge on any atom is 0.121 e. The zero-order chi connectivity index (χ0) is 15.1. The maximum atomic E-state index is 4.87. The number of piperidine rings is 1. The van der Waals surface area contributed by atoms with Crippen LogP contribution in [0.4, 0.5) is 0 Å². The smallest absolute Gasteiger partial charge is 0.121 e. The van der Waals surface area contributed by atoms with Gasteiger partial charge in [0.15, 0.2) is 0 Å². The van der Waals surface area contributed by atoms with E-state index >= 15 is 0 Å². The second-order valence-electron chi connectivity index (χ2n) is 7.67. The number of benzene rings is 1. The van der Waals surface area contributed by atoms with Crippen molar-refractivity contribution in [1.82, 2.24) is 14.9 Å².